The van der Waals surface area contributed by atoms with Gasteiger partial charge in [-0.05, 0) is 42.0 Å². The minimum absolute atomic E-state index is 0.205. The van der Waals surface area contributed by atoms with Gasteiger partial charge in [-0.2, -0.15) is 0 Å². The summed E-state index contributed by atoms with van der Waals surface area (Å²) in [7, 11) is 0. The summed E-state index contributed by atoms with van der Waals surface area (Å²) in [4.78, 5) is 23.5. The van der Waals surface area contributed by atoms with Gasteiger partial charge in [-0.3, -0.25) is 9.59 Å². The third-order valence-electron chi connectivity index (χ3n) is 3.52. The molecule has 0 bridgehead atoms. The van der Waals surface area contributed by atoms with Crippen molar-refractivity contribution in [1.29, 1.82) is 0 Å². The van der Waals surface area contributed by atoms with Gasteiger partial charge in [0.1, 0.15) is 13.2 Å². The number of hydrogen-bond acceptors (Lipinski definition) is 5. The molecule has 0 saturated carbocycles. The van der Waals surface area contributed by atoms with Crippen LogP contribution in [-0.2, 0) is 20.9 Å². The zero-order valence-electron chi connectivity index (χ0n) is 13.8. The first-order chi connectivity index (χ1) is 12.6. The predicted molar refractivity (Wildman–Crippen MR) is 95.3 cm³/mol. The van der Waals surface area contributed by atoms with Crippen molar-refractivity contribution in [2.45, 2.75) is 6.54 Å². The molecule has 0 aromatic heterocycles. The van der Waals surface area contributed by atoms with E-state index in [9.17, 15) is 9.59 Å². The van der Waals surface area contributed by atoms with Crippen molar-refractivity contribution >= 4 is 29.1 Å². The van der Waals surface area contributed by atoms with Crippen LogP contribution in [-0.4, -0.2) is 31.8 Å². The van der Waals surface area contributed by atoms with Gasteiger partial charge in [0.2, 0.25) is 18.6 Å². The van der Waals surface area contributed by atoms with Crippen molar-refractivity contribution in [3.05, 3.63) is 53.1 Å². The molecule has 8 heteroatoms. The third kappa shape index (κ3) is 5.11. The van der Waals surface area contributed by atoms with Crippen molar-refractivity contribution in [2.75, 3.05) is 25.3 Å². The predicted octanol–water partition coefficient (Wildman–Crippen LogP) is 2.34. The molecular weight excluding hydrogens is 360 g/mol. The topological polar surface area (TPSA) is 85.9 Å². The van der Waals surface area contributed by atoms with E-state index in [2.05, 4.69) is 10.6 Å². The van der Waals surface area contributed by atoms with Gasteiger partial charge in [0.15, 0.2) is 11.5 Å². The molecule has 0 unspecified atom stereocenters. The van der Waals surface area contributed by atoms with Gasteiger partial charge in [0.25, 0.3) is 0 Å². The lowest BCUT2D eigenvalue weighted by Crippen LogP contribution is -2.29. The third-order valence-corrected chi connectivity index (χ3v) is 3.77. The molecule has 0 aliphatic carbocycles. The van der Waals surface area contributed by atoms with E-state index in [-0.39, 0.29) is 31.8 Å². The van der Waals surface area contributed by atoms with Gasteiger partial charge in [-0.25, -0.2) is 0 Å². The zero-order chi connectivity index (χ0) is 18.4. The molecule has 3 rings (SSSR count). The van der Waals surface area contributed by atoms with Crippen LogP contribution < -0.4 is 20.1 Å². The summed E-state index contributed by atoms with van der Waals surface area (Å²) in [5.41, 5.74) is 1.48. The van der Waals surface area contributed by atoms with Crippen molar-refractivity contribution in [1.82, 2.24) is 5.32 Å². The van der Waals surface area contributed by atoms with Gasteiger partial charge >= 0.3 is 0 Å². The van der Waals surface area contributed by atoms with E-state index in [0.717, 1.165) is 5.56 Å². The first-order valence-electron chi connectivity index (χ1n) is 7.88. The highest BCUT2D eigenvalue weighted by molar-refractivity contribution is 6.30. The van der Waals surface area contributed by atoms with E-state index in [1.165, 1.54) is 0 Å². The van der Waals surface area contributed by atoms with Crippen molar-refractivity contribution in [3.8, 4) is 11.5 Å². The number of carbonyl (C=O) groups excluding carboxylic acids is 2. The Morgan fingerprint density at radius 2 is 1.73 bits per heavy atom. The Morgan fingerprint density at radius 1 is 1.00 bits per heavy atom. The quantitative estimate of drug-likeness (QED) is 0.774. The monoisotopic (exact) mass is 376 g/mol. The van der Waals surface area contributed by atoms with Crippen molar-refractivity contribution in [3.63, 3.8) is 0 Å². The van der Waals surface area contributed by atoms with Gasteiger partial charge in [0, 0.05) is 17.3 Å². The summed E-state index contributed by atoms with van der Waals surface area (Å²) in [5.74, 6) is 0.680. The molecule has 26 heavy (non-hydrogen) atoms. The number of amides is 2. The molecule has 1 aliphatic heterocycles. The van der Waals surface area contributed by atoms with Crippen molar-refractivity contribution < 1.29 is 23.8 Å². The van der Waals surface area contributed by atoms with Crippen LogP contribution in [0.1, 0.15) is 5.56 Å². The minimum atomic E-state index is -0.351. The highest BCUT2D eigenvalue weighted by atomic mass is 35.5. The number of fused-ring (bicyclic) bond motifs is 1. The van der Waals surface area contributed by atoms with Crippen LogP contribution in [0.25, 0.3) is 0 Å². The Bertz CT molecular complexity index is 795. The first-order valence-corrected chi connectivity index (χ1v) is 8.26. The average Bonchev–Trinajstić information content (AvgIpc) is 3.10. The number of carbonyl (C=O) groups is 2. The standard InChI is InChI=1S/C18H17ClN2O5/c19-13-2-4-14(5-3-13)21-18(23)10-24-9-17(22)20-8-12-1-6-15-16(7-12)26-11-25-15/h1-7H,8-11H2,(H,20,22)(H,21,23). The molecule has 0 saturated heterocycles. The highest BCUT2D eigenvalue weighted by Gasteiger charge is 2.13. The molecule has 2 amide bonds. The van der Waals surface area contributed by atoms with Crippen LogP contribution >= 0.6 is 11.6 Å². The molecule has 7 nitrogen and oxygen atoms in total. The fourth-order valence-corrected chi connectivity index (χ4v) is 2.40. The molecule has 0 fully saturated rings. The van der Waals surface area contributed by atoms with Crippen LogP contribution in [0.15, 0.2) is 42.5 Å². The summed E-state index contributed by atoms with van der Waals surface area (Å²) >= 11 is 5.77. The Morgan fingerprint density at radius 3 is 2.54 bits per heavy atom. The Hall–Kier alpha value is -2.77. The van der Waals surface area contributed by atoms with Gasteiger partial charge in [-0.15, -0.1) is 0 Å². The number of ether oxygens (including phenoxy) is 3. The molecule has 2 N–H and O–H groups in total. The SMILES string of the molecule is O=C(COCC(=O)Nc1ccc(Cl)cc1)NCc1ccc2c(c1)OCO2. The second kappa shape index (κ2) is 8.55. The Kier molecular flexibility index (Phi) is 5.93. The summed E-state index contributed by atoms with van der Waals surface area (Å²) in [6.45, 7) is 0.103. The lowest BCUT2D eigenvalue weighted by atomic mass is 10.2. The highest BCUT2D eigenvalue weighted by Crippen LogP contribution is 2.32. The smallest absolute Gasteiger partial charge is 0.250 e. The molecule has 0 radical (unpaired) electrons. The van der Waals surface area contributed by atoms with E-state index >= 15 is 0 Å². The van der Waals surface area contributed by atoms with Gasteiger partial charge < -0.3 is 24.8 Å². The largest absolute Gasteiger partial charge is 0.454 e. The fraction of sp³-hybridized carbons (Fsp3) is 0.222. The van der Waals surface area contributed by atoms with E-state index in [0.29, 0.717) is 28.8 Å². The number of nitrogens with one attached hydrogen (secondary N) is 2. The summed E-state index contributed by atoms with van der Waals surface area (Å²) in [6, 6.07) is 12.1. The van der Waals surface area contributed by atoms with E-state index in [1.54, 1.807) is 30.3 Å². The molecule has 136 valence electrons. The zero-order valence-corrected chi connectivity index (χ0v) is 14.5. The van der Waals surface area contributed by atoms with Gasteiger partial charge in [0.05, 0.1) is 0 Å². The molecule has 0 atom stereocenters. The van der Waals surface area contributed by atoms with E-state index in [1.807, 2.05) is 12.1 Å². The number of benzene rings is 2. The maximum absolute atomic E-state index is 11.8. The fourth-order valence-electron chi connectivity index (χ4n) is 2.27. The summed E-state index contributed by atoms with van der Waals surface area (Å²) in [5, 5.41) is 5.94. The lowest BCUT2D eigenvalue weighted by Gasteiger charge is -2.08. The number of rotatable bonds is 7. The molecule has 2 aromatic carbocycles. The minimum Gasteiger partial charge on any atom is -0.454 e. The summed E-state index contributed by atoms with van der Waals surface area (Å²) in [6.07, 6.45) is 0. The number of anilines is 1. The second-order valence-electron chi connectivity index (χ2n) is 5.51. The van der Waals surface area contributed by atoms with Crippen LogP contribution in [0.3, 0.4) is 0 Å². The average molecular weight is 377 g/mol. The molecule has 1 aliphatic rings. The maximum Gasteiger partial charge on any atom is 0.250 e. The maximum atomic E-state index is 11.8. The second-order valence-corrected chi connectivity index (χ2v) is 5.95. The molecule has 0 spiro atoms. The molecule has 2 aromatic rings. The van der Waals surface area contributed by atoms with Crippen LogP contribution in [0.2, 0.25) is 5.02 Å². The molecular formula is C18H17ClN2O5. The Labute approximate surface area is 155 Å². The summed E-state index contributed by atoms with van der Waals surface area (Å²) < 4.78 is 15.6. The van der Waals surface area contributed by atoms with Crippen LogP contribution in [0.4, 0.5) is 5.69 Å². The molecule has 1 heterocycles. The lowest BCUT2D eigenvalue weighted by molar-refractivity contribution is -0.128. The first kappa shape index (κ1) is 18.0. The Balaban J connectivity index is 1.35. The number of halogens is 1. The van der Waals surface area contributed by atoms with E-state index in [4.69, 9.17) is 25.8 Å². The van der Waals surface area contributed by atoms with Crippen LogP contribution in [0.5, 0.6) is 11.5 Å². The van der Waals surface area contributed by atoms with E-state index < -0.39 is 0 Å². The van der Waals surface area contributed by atoms with Crippen LogP contribution in [0, 0.1) is 0 Å². The normalized spacial score (nSPS) is 11.9. The number of hydrogen-bond donors (Lipinski definition) is 2. The van der Waals surface area contributed by atoms with Gasteiger partial charge in [-0.1, -0.05) is 17.7 Å². The van der Waals surface area contributed by atoms with Crippen molar-refractivity contribution in [2.24, 2.45) is 0 Å².